The Morgan fingerprint density at radius 2 is 1.52 bits per heavy atom. The van der Waals surface area contributed by atoms with Gasteiger partial charge in [-0.3, -0.25) is 14.5 Å². The van der Waals surface area contributed by atoms with E-state index in [0.29, 0.717) is 37.0 Å². The molecule has 7 heteroatoms. The van der Waals surface area contributed by atoms with Crippen LogP contribution in [0.15, 0.2) is 24.3 Å². The first kappa shape index (κ1) is 21.9. The van der Waals surface area contributed by atoms with Crippen LogP contribution >= 0.6 is 11.6 Å². The number of piperazine rings is 1. The molecule has 2 fully saturated rings. The maximum Gasteiger partial charge on any atom is 0.266 e. The normalized spacial score (nSPS) is 19.7. The lowest BCUT2D eigenvalue weighted by Gasteiger charge is -2.41. The van der Waals surface area contributed by atoms with Gasteiger partial charge >= 0.3 is 0 Å². The van der Waals surface area contributed by atoms with Crippen molar-refractivity contribution in [3.05, 3.63) is 29.3 Å². The van der Waals surface area contributed by atoms with Gasteiger partial charge in [0.25, 0.3) is 5.91 Å². The molecule has 0 N–H and O–H groups in total. The SMILES string of the molecule is CC(C(=O)N1CCCCC1)N1CCN(C(=O)C(C)(C)Oc2ccc(Cl)cc2)CC1. The van der Waals surface area contributed by atoms with Gasteiger partial charge in [0.2, 0.25) is 5.91 Å². The Kier molecular flexibility index (Phi) is 7.06. The van der Waals surface area contributed by atoms with Crippen molar-refractivity contribution >= 4 is 23.4 Å². The van der Waals surface area contributed by atoms with Gasteiger partial charge in [-0.2, -0.15) is 0 Å². The summed E-state index contributed by atoms with van der Waals surface area (Å²) >= 11 is 5.92. The molecule has 0 bridgehead atoms. The first-order valence-corrected chi connectivity index (χ1v) is 10.9. The standard InChI is InChI=1S/C22H32ClN3O3/c1-17(20(27)25-11-5-4-6-12-25)24-13-15-26(16-14-24)21(28)22(2,3)29-19-9-7-18(23)8-10-19/h7-10,17H,4-6,11-16H2,1-3H3. The second-order valence-corrected chi connectivity index (χ2v) is 8.89. The summed E-state index contributed by atoms with van der Waals surface area (Å²) in [6.07, 6.45) is 3.42. The average Bonchev–Trinajstić information content (AvgIpc) is 2.74. The molecule has 1 atom stereocenters. The highest BCUT2D eigenvalue weighted by atomic mass is 35.5. The van der Waals surface area contributed by atoms with Gasteiger partial charge in [0.05, 0.1) is 6.04 Å². The Bertz CT molecular complexity index is 709. The van der Waals surface area contributed by atoms with Crippen LogP contribution in [-0.2, 0) is 9.59 Å². The number of benzene rings is 1. The fourth-order valence-electron chi connectivity index (χ4n) is 4.07. The minimum atomic E-state index is -0.967. The first-order chi connectivity index (χ1) is 13.8. The topological polar surface area (TPSA) is 53.1 Å². The molecule has 6 nitrogen and oxygen atoms in total. The second-order valence-electron chi connectivity index (χ2n) is 8.46. The van der Waals surface area contributed by atoms with Gasteiger partial charge in [-0.25, -0.2) is 0 Å². The number of piperidine rings is 1. The second kappa shape index (κ2) is 9.35. The van der Waals surface area contributed by atoms with E-state index in [0.717, 1.165) is 25.9 Å². The van der Waals surface area contributed by atoms with Crippen molar-refractivity contribution < 1.29 is 14.3 Å². The molecule has 1 aromatic carbocycles. The quantitative estimate of drug-likeness (QED) is 0.733. The first-order valence-electron chi connectivity index (χ1n) is 10.5. The molecular weight excluding hydrogens is 390 g/mol. The van der Waals surface area contributed by atoms with Crippen LogP contribution in [0.1, 0.15) is 40.0 Å². The molecule has 1 aromatic rings. The van der Waals surface area contributed by atoms with E-state index in [1.165, 1.54) is 6.42 Å². The third-order valence-electron chi connectivity index (χ3n) is 5.88. The number of ether oxygens (including phenoxy) is 1. The van der Waals surface area contributed by atoms with Crippen LogP contribution in [0, 0.1) is 0 Å². The molecule has 2 amide bonds. The van der Waals surface area contributed by atoms with E-state index in [-0.39, 0.29) is 17.9 Å². The number of halogens is 1. The maximum absolute atomic E-state index is 13.0. The number of carbonyl (C=O) groups excluding carboxylic acids is 2. The molecule has 2 heterocycles. The number of likely N-dealkylation sites (tertiary alicyclic amines) is 1. The van der Waals surface area contributed by atoms with Crippen LogP contribution in [0.4, 0.5) is 0 Å². The van der Waals surface area contributed by atoms with Gasteiger partial charge < -0.3 is 14.5 Å². The van der Waals surface area contributed by atoms with Crippen molar-refractivity contribution in [1.29, 1.82) is 0 Å². The molecule has 1 unspecified atom stereocenters. The molecule has 2 aliphatic heterocycles. The third kappa shape index (κ3) is 5.43. The molecule has 29 heavy (non-hydrogen) atoms. The van der Waals surface area contributed by atoms with Crippen molar-refractivity contribution in [3.63, 3.8) is 0 Å². The van der Waals surface area contributed by atoms with E-state index in [1.54, 1.807) is 38.1 Å². The van der Waals surface area contributed by atoms with E-state index < -0.39 is 5.60 Å². The summed E-state index contributed by atoms with van der Waals surface area (Å²) in [5.74, 6) is 0.796. The van der Waals surface area contributed by atoms with Crippen LogP contribution < -0.4 is 4.74 Å². The Balaban J connectivity index is 1.52. The molecule has 160 valence electrons. The zero-order valence-electron chi connectivity index (χ0n) is 17.7. The van der Waals surface area contributed by atoms with Crippen molar-refractivity contribution in [3.8, 4) is 5.75 Å². The highest BCUT2D eigenvalue weighted by Crippen LogP contribution is 2.23. The smallest absolute Gasteiger partial charge is 0.266 e. The number of hydrogen-bond donors (Lipinski definition) is 0. The van der Waals surface area contributed by atoms with Crippen LogP contribution in [0.25, 0.3) is 0 Å². The predicted molar refractivity (Wildman–Crippen MR) is 114 cm³/mol. The van der Waals surface area contributed by atoms with Crippen molar-refractivity contribution in [2.75, 3.05) is 39.3 Å². The molecule has 3 rings (SSSR count). The van der Waals surface area contributed by atoms with Crippen molar-refractivity contribution in [2.24, 2.45) is 0 Å². The van der Waals surface area contributed by atoms with Crippen LogP contribution in [0.5, 0.6) is 5.75 Å². The summed E-state index contributed by atoms with van der Waals surface area (Å²) in [5, 5.41) is 0.630. The Morgan fingerprint density at radius 1 is 0.931 bits per heavy atom. The highest BCUT2D eigenvalue weighted by molar-refractivity contribution is 6.30. The Labute approximate surface area is 178 Å². The number of amides is 2. The van der Waals surface area contributed by atoms with E-state index in [1.807, 2.05) is 16.7 Å². The summed E-state index contributed by atoms with van der Waals surface area (Å²) in [6, 6.07) is 6.89. The monoisotopic (exact) mass is 421 g/mol. The average molecular weight is 422 g/mol. The largest absolute Gasteiger partial charge is 0.478 e. The lowest BCUT2D eigenvalue weighted by atomic mass is 10.1. The van der Waals surface area contributed by atoms with Gasteiger partial charge in [-0.05, 0) is 64.3 Å². The van der Waals surface area contributed by atoms with Gasteiger partial charge in [0.15, 0.2) is 5.60 Å². The van der Waals surface area contributed by atoms with E-state index in [4.69, 9.17) is 16.3 Å². The minimum Gasteiger partial charge on any atom is -0.478 e. The molecule has 0 aromatic heterocycles. The van der Waals surface area contributed by atoms with E-state index in [9.17, 15) is 9.59 Å². The van der Waals surface area contributed by atoms with Crippen LogP contribution in [0.3, 0.4) is 0 Å². The Morgan fingerprint density at radius 3 is 2.10 bits per heavy atom. The molecule has 0 radical (unpaired) electrons. The van der Waals surface area contributed by atoms with Gasteiger partial charge in [0, 0.05) is 44.3 Å². The zero-order valence-corrected chi connectivity index (χ0v) is 18.5. The fourth-order valence-corrected chi connectivity index (χ4v) is 4.19. The highest BCUT2D eigenvalue weighted by Gasteiger charge is 2.37. The lowest BCUT2D eigenvalue weighted by molar-refractivity contribution is -0.148. The summed E-state index contributed by atoms with van der Waals surface area (Å²) in [4.78, 5) is 31.8. The molecule has 0 spiro atoms. The van der Waals surface area contributed by atoms with Gasteiger partial charge in [-0.1, -0.05) is 11.6 Å². The molecule has 0 aliphatic carbocycles. The lowest BCUT2D eigenvalue weighted by Crippen LogP contribution is -2.59. The third-order valence-corrected chi connectivity index (χ3v) is 6.13. The summed E-state index contributed by atoms with van der Waals surface area (Å²) < 4.78 is 5.94. The Hall–Kier alpha value is -1.79. The van der Waals surface area contributed by atoms with E-state index >= 15 is 0 Å². The molecular formula is C22H32ClN3O3. The summed E-state index contributed by atoms with van der Waals surface area (Å²) in [6.45, 7) is 9.91. The van der Waals surface area contributed by atoms with Gasteiger partial charge in [-0.15, -0.1) is 0 Å². The number of rotatable bonds is 5. The molecule has 2 aliphatic rings. The number of hydrogen-bond acceptors (Lipinski definition) is 4. The van der Waals surface area contributed by atoms with Crippen LogP contribution in [0.2, 0.25) is 5.02 Å². The fraction of sp³-hybridized carbons (Fsp3) is 0.636. The van der Waals surface area contributed by atoms with Crippen molar-refractivity contribution in [1.82, 2.24) is 14.7 Å². The minimum absolute atomic E-state index is 0.0397. The number of nitrogens with zero attached hydrogens (tertiary/aromatic N) is 3. The molecule has 0 saturated carbocycles. The molecule has 2 saturated heterocycles. The summed E-state index contributed by atoms with van der Waals surface area (Å²) in [5.41, 5.74) is -0.967. The van der Waals surface area contributed by atoms with Crippen LogP contribution in [-0.4, -0.2) is 77.4 Å². The van der Waals surface area contributed by atoms with Crippen molar-refractivity contribution in [2.45, 2.75) is 51.7 Å². The maximum atomic E-state index is 13.0. The van der Waals surface area contributed by atoms with Gasteiger partial charge in [0.1, 0.15) is 5.75 Å². The van der Waals surface area contributed by atoms with E-state index in [2.05, 4.69) is 4.90 Å². The zero-order chi connectivity index (χ0) is 21.0. The number of carbonyl (C=O) groups is 2. The predicted octanol–water partition coefficient (Wildman–Crippen LogP) is 3.04. The summed E-state index contributed by atoms with van der Waals surface area (Å²) in [7, 11) is 0.